The number of aromatic nitrogens is 1. The van der Waals surface area contributed by atoms with Crippen molar-refractivity contribution in [1.29, 1.82) is 0 Å². The van der Waals surface area contributed by atoms with Crippen LogP contribution in [-0.2, 0) is 12.8 Å². The minimum Gasteiger partial charge on any atom is -0.420 e. The minimum absolute atomic E-state index is 0.0499. The Labute approximate surface area is 165 Å². The summed E-state index contributed by atoms with van der Waals surface area (Å²) < 4.78 is 19.5. The van der Waals surface area contributed by atoms with E-state index in [0.29, 0.717) is 5.56 Å². The van der Waals surface area contributed by atoms with Crippen molar-refractivity contribution in [3.63, 3.8) is 0 Å². The first-order valence-corrected chi connectivity index (χ1v) is 9.66. The Morgan fingerprint density at radius 1 is 1.00 bits per heavy atom. The number of hydrogen-bond acceptors (Lipinski definition) is 3. The molecule has 0 N–H and O–H groups in total. The topological polar surface area (TPSA) is 39.2 Å². The Morgan fingerprint density at radius 3 is 2.36 bits per heavy atom. The third kappa shape index (κ3) is 4.83. The number of pyridine rings is 1. The van der Waals surface area contributed by atoms with Crippen LogP contribution < -0.4 is 4.74 Å². The number of aryl methyl sites for hydroxylation is 2. The average molecular weight is 377 g/mol. The van der Waals surface area contributed by atoms with Crippen LogP contribution in [0.15, 0.2) is 60.8 Å². The van der Waals surface area contributed by atoms with Crippen LogP contribution in [0, 0.1) is 5.82 Å². The fourth-order valence-corrected chi connectivity index (χ4v) is 2.90. The van der Waals surface area contributed by atoms with Gasteiger partial charge in [-0.3, -0.25) is 4.98 Å². The van der Waals surface area contributed by atoms with Crippen LogP contribution in [-0.4, -0.2) is 11.0 Å². The molecule has 0 aliphatic heterocycles. The lowest BCUT2D eigenvalue weighted by Crippen LogP contribution is -2.09. The smallest absolute Gasteiger partial charge is 0.343 e. The molecule has 3 aromatic rings. The Bertz CT molecular complexity index is 934. The van der Waals surface area contributed by atoms with E-state index in [2.05, 4.69) is 18.8 Å². The van der Waals surface area contributed by atoms with Crippen LogP contribution in [0.3, 0.4) is 0 Å². The van der Waals surface area contributed by atoms with Gasteiger partial charge in [0.1, 0.15) is 0 Å². The lowest BCUT2D eigenvalue weighted by molar-refractivity contribution is 0.0728. The highest BCUT2D eigenvalue weighted by Gasteiger charge is 2.13. The third-order valence-corrected chi connectivity index (χ3v) is 4.67. The highest BCUT2D eigenvalue weighted by atomic mass is 19.1. The van der Waals surface area contributed by atoms with Gasteiger partial charge < -0.3 is 4.74 Å². The number of nitrogens with zero attached hydrogens (tertiary/aromatic N) is 1. The van der Waals surface area contributed by atoms with Crippen LogP contribution in [0.4, 0.5) is 4.39 Å². The Hall–Kier alpha value is -3.01. The molecule has 0 aliphatic carbocycles. The minimum atomic E-state index is -0.582. The zero-order valence-corrected chi connectivity index (χ0v) is 16.2. The summed E-state index contributed by atoms with van der Waals surface area (Å²) in [5.74, 6) is -1.15. The predicted octanol–water partition coefficient (Wildman–Crippen LogP) is 6.01. The molecule has 144 valence electrons. The molecule has 1 heterocycles. The van der Waals surface area contributed by atoms with Gasteiger partial charge in [-0.2, -0.15) is 0 Å². The van der Waals surface area contributed by atoms with E-state index in [1.807, 2.05) is 30.5 Å². The van der Waals surface area contributed by atoms with Crippen LogP contribution in [0.2, 0.25) is 0 Å². The number of hydrogen-bond donors (Lipinski definition) is 0. The molecule has 0 saturated carbocycles. The van der Waals surface area contributed by atoms with Gasteiger partial charge in [-0.1, -0.05) is 44.5 Å². The number of esters is 1. The maximum atomic E-state index is 14.2. The highest BCUT2D eigenvalue weighted by molar-refractivity contribution is 5.91. The molecule has 0 bridgehead atoms. The van der Waals surface area contributed by atoms with E-state index in [1.54, 1.807) is 18.2 Å². The molecule has 0 fully saturated rings. The fraction of sp³-hybridized carbons (Fsp3) is 0.250. The van der Waals surface area contributed by atoms with E-state index < -0.39 is 11.8 Å². The third-order valence-electron chi connectivity index (χ3n) is 4.67. The van der Waals surface area contributed by atoms with Crippen LogP contribution in [0.1, 0.15) is 48.2 Å². The number of carbonyl (C=O) groups excluding carboxylic acids is 1. The molecule has 1 aromatic heterocycles. The Morgan fingerprint density at radius 2 is 1.75 bits per heavy atom. The van der Waals surface area contributed by atoms with Crippen molar-refractivity contribution in [2.24, 2.45) is 0 Å². The first-order valence-electron chi connectivity index (χ1n) is 9.66. The lowest BCUT2D eigenvalue weighted by Gasteiger charge is -2.08. The second kappa shape index (κ2) is 9.27. The largest absolute Gasteiger partial charge is 0.420 e. The van der Waals surface area contributed by atoms with Gasteiger partial charge in [0.15, 0.2) is 11.6 Å². The fourth-order valence-electron chi connectivity index (χ4n) is 2.90. The van der Waals surface area contributed by atoms with Gasteiger partial charge in [-0.25, -0.2) is 9.18 Å². The van der Waals surface area contributed by atoms with E-state index >= 15 is 0 Å². The normalized spacial score (nSPS) is 10.7. The van der Waals surface area contributed by atoms with E-state index in [4.69, 9.17) is 4.74 Å². The second-order valence-corrected chi connectivity index (χ2v) is 6.74. The Kier molecular flexibility index (Phi) is 6.53. The predicted molar refractivity (Wildman–Crippen MR) is 109 cm³/mol. The molecule has 2 aromatic carbocycles. The quantitative estimate of drug-likeness (QED) is 0.374. The van der Waals surface area contributed by atoms with E-state index in [1.165, 1.54) is 17.7 Å². The van der Waals surface area contributed by atoms with Gasteiger partial charge in [0.25, 0.3) is 0 Å². The van der Waals surface area contributed by atoms with Gasteiger partial charge in [0, 0.05) is 11.8 Å². The molecule has 4 heteroatoms. The van der Waals surface area contributed by atoms with Gasteiger partial charge in [-0.05, 0) is 60.7 Å². The zero-order chi connectivity index (χ0) is 19.9. The molecule has 28 heavy (non-hydrogen) atoms. The van der Waals surface area contributed by atoms with Gasteiger partial charge in [0.2, 0.25) is 0 Å². The number of rotatable bonds is 7. The number of unbranched alkanes of at least 4 members (excludes halogenated alkanes) is 1. The summed E-state index contributed by atoms with van der Waals surface area (Å²) >= 11 is 0. The van der Waals surface area contributed by atoms with E-state index in [0.717, 1.165) is 42.5 Å². The molecule has 0 amide bonds. The lowest BCUT2D eigenvalue weighted by atomic mass is 10.1. The molecule has 0 aliphatic rings. The molecule has 0 radical (unpaired) electrons. The summed E-state index contributed by atoms with van der Waals surface area (Å²) in [5.41, 5.74) is 4.19. The number of benzene rings is 2. The maximum absolute atomic E-state index is 14.2. The monoisotopic (exact) mass is 377 g/mol. The van der Waals surface area contributed by atoms with Crippen molar-refractivity contribution >= 4 is 5.97 Å². The summed E-state index contributed by atoms with van der Waals surface area (Å²) in [6, 6.07) is 15.7. The van der Waals surface area contributed by atoms with Crippen molar-refractivity contribution in [3.05, 3.63) is 83.3 Å². The summed E-state index contributed by atoms with van der Waals surface area (Å²) in [6.45, 7) is 4.17. The SMILES string of the molecule is CCCCc1ccc(OC(=O)c2ccc(-c3ccc(CC)cn3)cc2)c(F)c1. The highest BCUT2D eigenvalue weighted by Crippen LogP contribution is 2.22. The average Bonchev–Trinajstić information content (AvgIpc) is 2.74. The van der Waals surface area contributed by atoms with Gasteiger partial charge in [-0.15, -0.1) is 0 Å². The van der Waals surface area contributed by atoms with Gasteiger partial charge in [0.05, 0.1) is 11.3 Å². The van der Waals surface area contributed by atoms with Crippen LogP contribution in [0.5, 0.6) is 5.75 Å². The molecule has 0 unspecified atom stereocenters. The molecule has 0 saturated heterocycles. The number of carbonyl (C=O) groups is 1. The summed E-state index contributed by atoms with van der Waals surface area (Å²) in [5, 5.41) is 0. The van der Waals surface area contributed by atoms with Crippen molar-refractivity contribution in [3.8, 4) is 17.0 Å². The van der Waals surface area contributed by atoms with Crippen molar-refractivity contribution < 1.29 is 13.9 Å². The van der Waals surface area contributed by atoms with E-state index in [-0.39, 0.29) is 5.75 Å². The van der Waals surface area contributed by atoms with Crippen LogP contribution in [0.25, 0.3) is 11.3 Å². The first-order chi connectivity index (χ1) is 13.6. The standard InChI is InChI=1S/C24H24FNO2/c1-3-5-6-18-8-14-23(21(25)15-18)28-24(27)20-11-9-19(10-12-20)22-13-7-17(4-2)16-26-22/h7-16H,3-6H2,1-2H3. The zero-order valence-electron chi connectivity index (χ0n) is 16.2. The molecule has 0 atom stereocenters. The first kappa shape index (κ1) is 19.7. The summed E-state index contributed by atoms with van der Waals surface area (Å²) in [6.07, 6.45) is 5.66. The number of ether oxygens (including phenoxy) is 1. The number of halogens is 1. The van der Waals surface area contributed by atoms with E-state index in [9.17, 15) is 9.18 Å². The molecule has 0 spiro atoms. The molecule has 3 nitrogen and oxygen atoms in total. The van der Waals surface area contributed by atoms with Gasteiger partial charge >= 0.3 is 5.97 Å². The summed E-state index contributed by atoms with van der Waals surface area (Å²) in [4.78, 5) is 16.8. The van der Waals surface area contributed by atoms with Crippen molar-refractivity contribution in [1.82, 2.24) is 4.98 Å². The van der Waals surface area contributed by atoms with Crippen molar-refractivity contribution in [2.45, 2.75) is 39.5 Å². The van der Waals surface area contributed by atoms with Crippen LogP contribution >= 0.6 is 0 Å². The van der Waals surface area contributed by atoms with Crippen molar-refractivity contribution in [2.75, 3.05) is 0 Å². The maximum Gasteiger partial charge on any atom is 0.343 e. The molecule has 3 rings (SSSR count). The summed E-state index contributed by atoms with van der Waals surface area (Å²) in [7, 11) is 0. The second-order valence-electron chi connectivity index (χ2n) is 6.74. The Balaban J connectivity index is 1.69. The molecular formula is C24H24FNO2. The molecular weight excluding hydrogens is 353 g/mol.